The highest BCUT2D eigenvalue weighted by molar-refractivity contribution is 9.10. The van der Waals surface area contributed by atoms with Gasteiger partial charge in [0.1, 0.15) is 5.82 Å². The average molecular weight is 308 g/mol. The van der Waals surface area contributed by atoms with Crippen LogP contribution in [0, 0.1) is 5.82 Å². The molecule has 1 aromatic carbocycles. The summed E-state index contributed by atoms with van der Waals surface area (Å²) < 4.78 is 25.7. The van der Waals surface area contributed by atoms with Crippen LogP contribution in [-0.4, -0.2) is 16.0 Å². The molecule has 0 radical (unpaired) electrons. The monoisotopic (exact) mass is 307 g/mol. The summed E-state index contributed by atoms with van der Waals surface area (Å²) in [7, 11) is -1.04. The number of rotatable bonds is 5. The zero-order valence-electron chi connectivity index (χ0n) is 9.08. The third kappa shape index (κ3) is 4.72. The lowest BCUT2D eigenvalue weighted by Crippen LogP contribution is -2.18. The van der Waals surface area contributed by atoms with Gasteiger partial charge in [0.2, 0.25) is 0 Å². The highest BCUT2D eigenvalue weighted by Crippen LogP contribution is 2.16. The Morgan fingerprint density at radius 1 is 1.56 bits per heavy atom. The number of nitrogens with two attached hydrogens (primary N) is 1. The van der Waals surface area contributed by atoms with E-state index in [1.807, 2.05) is 6.92 Å². The van der Waals surface area contributed by atoms with Crippen LogP contribution in [0.5, 0.6) is 0 Å². The van der Waals surface area contributed by atoms with Gasteiger partial charge in [0.15, 0.2) is 0 Å². The van der Waals surface area contributed by atoms with E-state index >= 15 is 0 Å². The van der Waals surface area contributed by atoms with Gasteiger partial charge in [0.05, 0.1) is 5.75 Å². The van der Waals surface area contributed by atoms with Crippen molar-refractivity contribution >= 4 is 26.7 Å². The Hall–Kier alpha value is -0.260. The molecule has 2 nitrogen and oxygen atoms in total. The van der Waals surface area contributed by atoms with Crippen molar-refractivity contribution in [3.63, 3.8) is 0 Å². The van der Waals surface area contributed by atoms with Crippen molar-refractivity contribution in [3.05, 3.63) is 34.1 Å². The third-order valence-corrected chi connectivity index (χ3v) is 3.95. The Bertz CT molecular complexity index is 384. The molecule has 0 fully saturated rings. The molecule has 0 spiro atoms. The first kappa shape index (κ1) is 13.8. The highest BCUT2D eigenvalue weighted by Gasteiger charge is 2.08. The van der Waals surface area contributed by atoms with Crippen LogP contribution in [0.2, 0.25) is 0 Å². The maximum absolute atomic E-state index is 13.4. The maximum atomic E-state index is 13.4. The van der Waals surface area contributed by atoms with Gasteiger partial charge in [0.25, 0.3) is 0 Å². The van der Waals surface area contributed by atoms with Gasteiger partial charge in [-0.05, 0) is 25.5 Å². The first-order chi connectivity index (χ1) is 7.49. The molecule has 2 N–H and O–H groups in total. The lowest BCUT2D eigenvalue weighted by molar-refractivity contribution is 0.613. The summed E-state index contributed by atoms with van der Waals surface area (Å²) in [5, 5.41) is 0. The molecule has 5 heteroatoms. The molecule has 0 aliphatic carbocycles. The fourth-order valence-corrected chi connectivity index (χ4v) is 2.89. The predicted octanol–water partition coefficient (Wildman–Crippen LogP) is 2.57. The SMILES string of the molecule is CC(N)CCS(=O)Cc1ccc(Br)cc1F. The van der Waals surface area contributed by atoms with Crippen molar-refractivity contribution in [2.45, 2.75) is 25.1 Å². The number of hydrogen-bond donors (Lipinski definition) is 1. The number of halogens is 2. The van der Waals surface area contributed by atoms with Crippen LogP contribution in [0.15, 0.2) is 22.7 Å². The quantitative estimate of drug-likeness (QED) is 0.908. The summed E-state index contributed by atoms with van der Waals surface area (Å²) in [6.45, 7) is 1.87. The Balaban J connectivity index is 2.56. The molecule has 0 aliphatic heterocycles. The van der Waals surface area contributed by atoms with E-state index in [0.717, 1.165) is 0 Å². The second kappa shape index (κ2) is 6.47. The lowest BCUT2D eigenvalue weighted by atomic mass is 10.2. The van der Waals surface area contributed by atoms with Gasteiger partial charge in [0, 0.05) is 32.6 Å². The van der Waals surface area contributed by atoms with Crippen LogP contribution in [0.3, 0.4) is 0 Å². The molecular formula is C11H15BrFNOS. The largest absolute Gasteiger partial charge is 0.328 e. The summed E-state index contributed by atoms with van der Waals surface area (Å²) in [6.07, 6.45) is 0.699. The number of benzene rings is 1. The van der Waals surface area contributed by atoms with Crippen LogP contribution >= 0.6 is 15.9 Å². The van der Waals surface area contributed by atoms with Gasteiger partial charge in [-0.1, -0.05) is 22.0 Å². The minimum absolute atomic E-state index is 0.0405. The van der Waals surface area contributed by atoms with Crippen LogP contribution < -0.4 is 5.73 Å². The Morgan fingerprint density at radius 2 is 2.25 bits per heavy atom. The molecule has 0 aliphatic rings. The molecule has 0 saturated heterocycles. The summed E-state index contributed by atoms with van der Waals surface area (Å²) in [5.74, 6) is 0.461. The normalized spacial score (nSPS) is 14.8. The van der Waals surface area contributed by atoms with E-state index in [1.165, 1.54) is 6.07 Å². The third-order valence-electron chi connectivity index (χ3n) is 2.13. The first-order valence-electron chi connectivity index (χ1n) is 5.03. The summed E-state index contributed by atoms with van der Waals surface area (Å²) in [6, 6.07) is 4.83. The molecule has 2 unspecified atom stereocenters. The molecule has 90 valence electrons. The zero-order valence-corrected chi connectivity index (χ0v) is 11.5. The molecule has 0 aromatic heterocycles. The zero-order chi connectivity index (χ0) is 12.1. The van der Waals surface area contributed by atoms with Gasteiger partial charge in [-0.15, -0.1) is 0 Å². The van der Waals surface area contributed by atoms with Crippen molar-refractivity contribution in [2.75, 3.05) is 5.75 Å². The van der Waals surface area contributed by atoms with Crippen LogP contribution in [-0.2, 0) is 16.6 Å². The fourth-order valence-electron chi connectivity index (χ4n) is 1.20. The topological polar surface area (TPSA) is 43.1 Å². The minimum atomic E-state index is -1.04. The van der Waals surface area contributed by atoms with Crippen LogP contribution in [0.4, 0.5) is 4.39 Å². The van der Waals surface area contributed by atoms with Gasteiger partial charge in [-0.25, -0.2) is 4.39 Å². The molecule has 2 atom stereocenters. The molecule has 0 heterocycles. The Morgan fingerprint density at radius 3 is 2.81 bits per heavy atom. The van der Waals surface area contributed by atoms with Crippen LogP contribution in [0.25, 0.3) is 0 Å². The first-order valence-corrected chi connectivity index (χ1v) is 7.31. The smallest absolute Gasteiger partial charge is 0.128 e. The van der Waals surface area contributed by atoms with E-state index < -0.39 is 10.8 Å². The van der Waals surface area contributed by atoms with Crippen molar-refractivity contribution in [2.24, 2.45) is 5.73 Å². The lowest BCUT2D eigenvalue weighted by Gasteiger charge is -2.06. The predicted molar refractivity (Wildman–Crippen MR) is 69.1 cm³/mol. The Kier molecular flexibility index (Phi) is 5.58. The van der Waals surface area contributed by atoms with E-state index in [9.17, 15) is 8.60 Å². The molecular weight excluding hydrogens is 293 g/mol. The summed E-state index contributed by atoms with van der Waals surface area (Å²) in [5.41, 5.74) is 6.06. The highest BCUT2D eigenvalue weighted by atomic mass is 79.9. The van der Waals surface area contributed by atoms with Crippen molar-refractivity contribution in [1.29, 1.82) is 0 Å². The van der Waals surface area contributed by atoms with E-state index in [-0.39, 0.29) is 17.6 Å². The van der Waals surface area contributed by atoms with Crippen molar-refractivity contribution in [3.8, 4) is 0 Å². The van der Waals surface area contributed by atoms with E-state index in [1.54, 1.807) is 12.1 Å². The number of hydrogen-bond acceptors (Lipinski definition) is 2. The van der Waals surface area contributed by atoms with Gasteiger partial charge < -0.3 is 5.73 Å². The summed E-state index contributed by atoms with van der Waals surface area (Å²) >= 11 is 3.18. The van der Waals surface area contributed by atoms with Gasteiger partial charge in [-0.2, -0.15) is 0 Å². The summed E-state index contributed by atoms with van der Waals surface area (Å²) in [4.78, 5) is 0. The molecule has 0 amide bonds. The van der Waals surface area contributed by atoms with E-state index in [2.05, 4.69) is 15.9 Å². The van der Waals surface area contributed by atoms with Crippen molar-refractivity contribution < 1.29 is 8.60 Å². The molecule has 1 rings (SSSR count). The fraction of sp³-hybridized carbons (Fsp3) is 0.455. The van der Waals surface area contributed by atoms with Crippen LogP contribution in [0.1, 0.15) is 18.9 Å². The molecule has 0 bridgehead atoms. The Labute approximate surface area is 106 Å². The minimum Gasteiger partial charge on any atom is -0.328 e. The average Bonchev–Trinajstić information content (AvgIpc) is 2.19. The molecule has 16 heavy (non-hydrogen) atoms. The maximum Gasteiger partial charge on any atom is 0.128 e. The second-order valence-corrected chi connectivity index (χ2v) is 6.28. The van der Waals surface area contributed by atoms with Gasteiger partial charge in [-0.3, -0.25) is 4.21 Å². The van der Waals surface area contributed by atoms with E-state index in [0.29, 0.717) is 22.2 Å². The standard InChI is InChI=1S/C11H15BrFNOS/c1-8(14)4-5-16(15)7-9-2-3-10(12)6-11(9)13/h2-3,6,8H,4-5,7,14H2,1H3. The van der Waals surface area contributed by atoms with Crippen molar-refractivity contribution in [1.82, 2.24) is 0 Å². The second-order valence-electron chi connectivity index (χ2n) is 3.79. The van der Waals surface area contributed by atoms with Gasteiger partial charge >= 0.3 is 0 Å². The van der Waals surface area contributed by atoms with E-state index in [4.69, 9.17) is 5.73 Å². The molecule has 0 saturated carbocycles. The molecule has 1 aromatic rings.